The van der Waals surface area contributed by atoms with E-state index in [1.165, 1.54) is 19.1 Å². The summed E-state index contributed by atoms with van der Waals surface area (Å²) in [6.07, 6.45) is 2.84. The number of aliphatic carboxylic acids is 1. The fourth-order valence-corrected chi connectivity index (χ4v) is 4.26. The highest BCUT2D eigenvalue weighted by atomic mass is 35.5. The molecule has 3 aliphatic heterocycles. The second-order valence-corrected chi connectivity index (χ2v) is 6.71. The summed E-state index contributed by atoms with van der Waals surface area (Å²) in [5.41, 5.74) is -0.510. The zero-order chi connectivity index (χ0) is 17.9. The smallest absolute Gasteiger partial charge is 0.234 e. The first-order valence-electron chi connectivity index (χ1n) is 7.73. The largest absolute Gasteiger partial charge is 0.550 e. The second-order valence-electron chi connectivity index (χ2n) is 6.30. The third kappa shape index (κ3) is 2.09. The van der Waals surface area contributed by atoms with Crippen molar-refractivity contribution in [2.24, 2.45) is 11.8 Å². The Bertz CT molecular complexity index is 809. The summed E-state index contributed by atoms with van der Waals surface area (Å²) in [7, 11) is 2.95. The van der Waals surface area contributed by atoms with E-state index in [4.69, 9.17) is 25.8 Å². The zero-order valence-electron chi connectivity index (χ0n) is 13.5. The number of carboxylic acid groups (broad SMARTS) is 1. The first-order valence-corrected chi connectivity index (χ1v) is 8.10. The molecule has 1 amide bonds. The van der Waals surface area contributed by atoms with Crippen LogP contribution in [0.25, 0.3) is 0 Å². The van der Waals surface area contributed by atoms with E-state index >= 15 is 0 Å². The second kappa shape index (κ2) is 5.37. The Morgan fingerprint density at radius 1 is 1.36 bits per heavy atom. The molecular weight excluding hydrogens is 350 g/mol. The Hall–Kier alpha value is -2.25. The number of carboxylic acids is 1. The molecule has 2 saturated heterocycles. The molecule has 0 saturated carbocycles. The monoisotopic (exact) mass is 364 g/mol. The van der Waals surface area contributed by atoms with E-state index in [1.54, 1.807) is 24.3 Å². The minimum Gasteiger partial charge on any atom is -0.550 e. The maximum absolute atomic E-state index is 13.0. The van der Waals surface area contributed by atoms with Gasteiger partial charge in [-0.05, 0) is 6.07 Å². The van der Waals surface area contributed by atoms with Crippen molar-refractivity contribution in [1.82, 2.24) is 0 Å². The van der Waals surface area contributed by atoms with Gasteiger partial charge >= 0.3 is 0 Å². The topological polar surface area (TPSA) is 88.1 Å². The molecule has 2 fully saturated rings. The maximum Gasteiger partial charge on any atom is 0.234 e. The molecule has 25 heavy (non-hydrogen) atoms. The molecule has 0 unspecified atom stereocenters. The molecule has 1 aromatic carbocycles. The molecule has 1 spiro atoms. The van der Waals surface area contributed by atoms with Gasteiger partial charge < -0.3 is 29.0 Å². The van der Waals surface area contributed by atoms with Gasteiger partial charge in [0.25, 0.3) is 0 Å². The Morgan fingerprint density at radius 3 is 2.72 bits per heavy atom. The third-order valence-electron chi connectivity index (χ3n) is 5.12. The van der Waals surface area contributed by atoms with Gasteiger partial charge in [-0.2, -0.15) is 0 Å². The van der Waals surface area contributed by atoms with Crippen LogP contribution in [0.15, 0.2) is 24.3 Å². The van der Waals surface area contributed by atoms with Gasteiger partial charge in [0.15, 0.2) is 0 Å². The van der Waals surface area contributed by atoms with Crippen LogP contribution in [-0.4, -0.2) is 44.3 Å². The zero-order valence-corrected chi connectivity index (χ0v) is 14.3. The van der Waals surface area contributed by atoms with E-state index in [0.717, 1.165) is 0 Å². The van der Waals surface area contributed by atoms with Crippen LogP contribution >= 0.6 is 11.6 Å². The molecular formula is C17H15ClNO6-. The molecule has 4 atom stereocenters. The minimum absolute atomic E-state index is 0.187. The molecule has 4 rings (SSSR count). The summed E-state index contributed by atoms with van der Waals surface area (Å²) in [4.78, 5) is 26.0. The number of amides is 1. The minimum atomic E-state index is -1.28. The summed E-state index contributed by atoms with van der Waals surface area (Å²) in [6, 6.07) is 3.15. The summed E-state index contributed by atoms with van der Waals surface area (Å²) in [6.45, 7) is 0.187. The van der Waals surface area contributed by atoms with Crippen LogP contribution in [0.4, 0.5) is 5.69 Å². The summed E-state index contributed by atoms with van der Waals surface area (Å²) in [5.74, 6) is -2.64. The number of hydrogen-bond acceptors (Lipinski definition) is 6. The average Bonchev–Trinajstić information content (AvgIpc) is 3.22. The van der Waals surface area contributed by atoms with Crippen molar-refractivity contribution in [2.45, 2.75) is 11.7 Å². The SMILES string of the molecule is COc1cc(OC)c(N2C[C@@]34C=C[C@@H](O3)[C@H](C(=O)[O-])[C@@H]4C2=O)cc1Cl. The maximum atomic E-state index is 13.0. The molecule has 3 heterocycles. The lowest BCUT2D eigenvalue weighted by Gasteiger charge is -2.25. The summed E-state index contributed by atoms with van der Waals surface area (Å²) in [5, 5.41) is 11.8. The first-order chi connectivity index (χ1) is 11.9. The highest BCUT2D eigenvalue weighted by Gasteiger charge is 2.65. The standard InChI is InChI=1S/C17H16ClNO6/c1-23-11-6-12(24-2)9(5-8(11)18)19-7-17-4-3-10(25-17)13(16(21)22)14(17)15(19)20/h3-6,10,13-14H,7H2,1-2H3,(H,21,22)/p-1/t10-,13+,14-,17-/m1/s1. The van der Waals surface area contributed by atoms with Gasteiger partial charge in [0.2, 0.25) is 5.91 Å². The highest BCUT2D eigenvalue weighted by molar-refractivity contribution is 6.32. The quantitative estimate of drug-likeness (QED) is 0.718. The average molecular weight is 365 g/mol. The van der Waals surface area contributed by atoms with E-state index in [-0.39, 0.29) is 12.5 Å². The molecule has 1 aromatic rings. The van der Waals surface area contributed by atoms with Crippen molar-refractivity contribution >= 4 is 29.2 Å². The predicted octanol–water partition coefficient (Wildman–Crippen LogP) is 0.394. The van der Waals surface area contributed by atoms with E-state index in [1.807, 2.05) is 0 Å². The van der Waals surface area contributed by atoms with E-state index in [2.05, 4.69) is 0 Å². The van der Waals surface area contributed by atoms with Gasteiger partial charge in [0.1, 0.15) is 17.1 Å². The molecule has 0 N–H and O–H groups in total. The van der Waals surface area contributed by atoms with Crippen LogP contribution in [0, 0.1) is 11.8 Å². The van der Waals surface area contributed by atoms with Crippen molar-refractivity contribution in [3.05, 3.63) is 29.3 Å². The third-order valence-corrected chi connectivity index (χ3v) is 5.41. The molecule has 0 aromatic heterocycles. The van der Waals surface area contributed by atoms with Crippen LogP contribution in [-0.2, 0) is 14.3 Å². The van der Waals surface area contributed by atoms with Crippen LogP contribution in [0.2, 0.25) is 5.02 Å². The van der Waals surface area contributed by atoms with Gasteiger partial charge in [-0.25, -0.2) is 0 Å². The molecule has 8 heteroatoms. The lowest BCUT2D eigenvalue weighted by molar-refractivity contribution is -0.313. The lowest BCUT2D eigenvalue weighted by atomic mass is 9.77. The van der Waals surface area contributed by atoms with Crippen LogP contribution in [0.3, 0.4) is 0 Å². The fourth-order valence-electron chi connectivity index (χ4n) is 4.03. The molecule has 2 bridgehead atoms. The Labute approximate surface area is 148 Å². The van der Waals surface area contributed by atoms with Crippen molar-refractivity contribution in [3.8, 4) is 11.5 Å². The Morgan fingerprint density at radius 2 is 2.08 bits per heavy atom. The number of carbonyl (C=O) groups excluding carboxylic acids is 2. The number of rotatable bonds is 4. The van der Waals surface area contributed by atoms with Crippen molar-refractivity contribution < 1.29 is 28.9 Å². The lowest BCUT2D eigenvalue weighted by Crippen LogP contribution is -2.45. The number of fused-ring (bicyclic) bond motifs is 1. The van der Waals surface area contributed by atoms with Crippen LogP contribution < -0.4 is 19.5 Å². The number of halogens is 1. The highest BCUT2D eigenvalue weighted by Crippen LogP contribution is 2.53. The van der Waals surface area contributed by atoms with Gasteiger partial charge in [-0.1, -0.05) is 23.8 Å². The number of benzene rings is 1. The number of ether oxygens (including phenoxy) is 3. The van der Waals surface area contributed by atoms with Gasteiger partial charge in [-0.15, -0.1) is 0 Å². The van der Waals surface area contributed by atoms with E-state index < -0.39 is 29.5 Å². The molecule has 7 nitrogen and oxygen atoms in total. The van der Waals surface area contributed by atoms with Crippen molar-refractivity contribution in [2.75, 3.05) is 25.7 Å². The number of hydrogen-bond donors (Lipinski definition) is 0. The number of methoxy groups -OCH3 is 2. The van der Waals surface area contributed by atoms with Crippen LogP contribution in [0.5, 0.6) is 11.5 Å². The molecule has 132 valence electrons. The first kappa shape index (κ1) is 16.2. The van der Waals surface area contributed by atoms with E-state index in [0.29, 0.717) is 22.2 Å². The van der Waals surface area contributed by atoms with Gasteiger partial charge in [0.05, 0.1) is 43.5 Å². The Kier molecular flexibility index (Phi) is 3.49. The van der Waals surface area contributed by atoms with E-state index in [9.17, 15) is 14.7 Å². The summed E-state index contributed by atoms with van der Waals surface area (Å²) >= 11 is 6.19. The molecule has 0 radical (unpaired) electrons. The van der Waals surface area contributed by atoms with Gasteiger partial charge in [-0.3, -0.25) is 4.79 Å². The number of anilines is 1. The van der Waals surface area contributed by atoms with Gasteiger partial charge in [0, 0.05) is 18.0 Å². The molecule has 3 aliphatic rings. The van der Waals surface area contributed by atoms with Crippen LogP contribution in [0.1, 0.15) is 0 Å². The summed E-state index contributed by atoms with van der Waals surface area (Å²) < 4.78 is 16.4. The van der Waals surface area contributed by atoms with Crippen molar-refractivity contribution in [3.63, 3.8) is 0 Å². The van der Waals surface area contributed by atoms with Crippen molar-refractivity contribution in [1.29, 1.82) is 0 Å². The molecule has 0 aliphatic carbocycles. The Balaban J connectivity index is 1.77. The number of carbonyl (C=O) groups is 2. The normalized spacial score (nSPS) is 32.2. The number of nitrogens with zero attached hydrogens (tertiary/aromatic N) is 1. The fraction of sp³-hybridized carbons (Fsp3) is 0.412. The predicted molar refractivity (Wildman–Crippen MR) is 85.6 cm³/mol.